The van der Waals surface area contributed by atoms with Gasteiger partial charge in [-0.15, -0.1) is 5.10 Å². The number of sulfone groups is 1. The molecule has 2 N–H and O–H groups in total. The summed E-state index contributed by atoms with van der Waals surface area (Å²) in [6.45, 7) is 1.92. The van der Waals surface area contributed by atoms with Crippen LogP contribution in [0, 0.1) is 0 Å². The second-order valence-electron chi connectivity index (χ2n) is 2.64. The Morgan fingerprint density at radius 2 is 2.31 bits per heavy atom. The number of rotatable bonds is 4. The first kappa shape index (κ1) is 9.97. The van der Waals surface area contributed by atoms with Gasteiger partial charge in [-0.05, 0) is 0 Å². The Morgan fingerprint density at radius 3 is 2.77 bits per heavy atom. The lowest BCUT2D eigenvalue weighted by Gasteiger charge is -1.99. The molecule has 1 rings (SSSR count). The van der Waals surface area contributed by atoms with Crippen LogP contribution in [0.3, 0.4) is 0 Å². The molecule has 13 heavy (non-hydrogen) atoms. The fraction of sp³-hybridized carbons (Fsp3) is 0.667. The minimum atomic E-state index is -2.94. The van der Waals surface area contributed by atoms with E-state index in [1.165, 1.54) is 10.9 Å². The van der Waals surface area contributed by atoms with Gasteiger partial charge in [-0.2, -0.15) is 0 Å². The highest BCUT2D eigenvalue weighted by molar-refractivity contribution is 7.91. The summed E-state index contributed by atoms with van der Waals surface area (Å²) >= 11 is 0. The smallest absolute Gasteiger partial charge is 0.165 e. The molecule has 0 spiro atoms. The molecule has 0 bridgehead atoms. The molecule has 6 nitrogen and oxygen atoms in total. The maximum absolute atomic E-state index is 11.1. The SMILES string of the molecule is CCS(=O)(=O)CCn1cc(N)nn1. The van der Waals surface area contributed by atoms with E-state index >= 15 is 0 Å². The van der Waals surface area contributed by atoms with Gasteiger partial charge in [-0.3, -0.25) is 0 Å². The van der Waals surface area contributed by atoms with Gasteiger partial charge < -0.3 is 5.73 Å². The average molecular weight is 204 g/mol. The molecule has 0 saturated carbocycles. The van der Waals surface area contributed by atoms with E-state index in [2.05, 4.69) is 10.3 Å². The number of nitrogens with zero attached hydrogens (tertiary/aromatic N) is 3. The van der Waals surface area contributed by atoms with Gasteiger partial charge in [0, 0.05) is 5.75 Å². The lowest BCUT2D eigenvalue weighted by atomic mass is 10.7. The monoisotopic (exact) mass is 204 g/mol. The van der Waals surface area contributed by atoms with Crippen LogP contribution in [0.2, 0.25) is 0 Å². The molecule has 0 unspecified atom stereocenters. The summed E-state index contributed by atoms with van der Waals surface area (Å²) in [6.07, 6.45) is 1.51. The fourth-order valence-corrected chi connectivity index (χ4v) is 1.55. The van der Waals surface area contributed by atoms with Crippen LogP contribution in [0.1, 0.15) is 6.92 Å². The molecule has 74 valence electrons. The molecule has 0 aliphatic rings. The van der Waals surface area contributed by atoms with Crippen molar-refractivity contribution in [2.24, 2.45) is 0 Å². The zero-order chi connectivity index (χ0) is 9.90. The highest BCUT2D eigenvalue weighted by Gasteiger charge is 2.07. The van der Waals surface area contributed by atoms with Crippen molar-refractivity contribution in [3.8, 4) is 0 Å². The Kier molecular flexibility index (Phi) is 2.86. The van der Waals surface area contributed by atoms with Gasteiger partial charge in [0.25, 0.3) is 0 Å². The van der Waals surface area contributed by atoms with Gasteiger partial charge in [0.2, 0.25) is 0 Å². The van der Waals surface area contributed by atoms with Crippen molar-refractivity contribution in [3.05, 3.63) is 6.20 Å². The summed E-state index contributed by atoms with van der Waals surface area (Å²) in [4.78, 5) is 0. The van der Waals surface area contributed by atoms with E-state index < -0.39 is 9.84 Å². The van der Waals surface area contributed by atoms with Crippen molar-refractivity contribution in [1.82, 2.24) is 15.0 Å². The minimum Gasteiger partial charge on any atom is -0.381 e. The van der Waals surface area contributed by atoms with E-state index in [1.807, 2.05) is 0 Å². The van der Waals surface area contributed by atoms with Crippen LogP contribution in [0.15, 0.2) is 6.20 Å². The lowest BCUT2D eigenvalue weighted by molar-refractivity contribution is 0.576. The molecule has 0 fully saturated rings. The zero-order valence-corrected chi connectivity index (χ0v) is 8.16. The molecular formula is C6H12N4O2S. The first-order valence-corrected chi connectivity index (χ1v) is 5.71. The average Bonchev–Trinajstić information content (AvgIpc) is 2.48. The third-order valence-electron chi connectivity index (χ3n) is 1.63. The second-order valence-corrected chi connectivity index (χ2v) is 5.12. The highest BCUT2D eigenvalue weighted by Crippen LogP contribution is 1.95. The maximum Gasteiger partial charge on any atom is 0.165 e. The van der Waals surface area contributed by atoms with Crippen LogP contribution in [-0.2, 0) is 16.4 Å². The van der Waals surface area contributed by atoms with Gasteiger partial charge in [0.15, 0.2) is 15.7 Å². The predicted molar refractivity (Wildman–Crippen MR) is 48.8 cm³/mol. The third kappa shape index (κ3) is 3.02. The topological polar surface area (TPSA) is 90.9 Å². The molecule has 1 aromatic heterocycles. The van der Waals surface area contributed by atoms with E-state index in [9.17, 15) is 8.42 Å². The molecular weight excluding hydrogens is 192 g/mol. The summed E-state index contributed by atoms with van der Waals surface area (Å²) in [5.41, 5.74) is 5.31. The van der Waals surface area contributed by atoms with E-state index in [1.54, 1.807) is 6.92 Å². The van der Waals surface area contributed by atoms with Crippen molar-refractivity contribution >= 4 is 15.7 Å². The maximum atomic E-state index is 11.1. The largest absolute Gasteiger partial charge is 0.381 e. The number of nitrogen functional groups attached to an aromatic ring is 1. The molecule has 0 atom stereocenters. The van der Waals surface area contributed by atoms with Gasteiger partial charge in [0.1, 0.15) is 0 Å². The van der Waals surface area contributed by atoms with Crippen LogP contribution in [0.25, 0.3) is 0 Å². The number of hydrogen-bond acceptors (Lipinski definition) is 5. The summed E-state index contributed by atoms with van der Waals surface area (Å²) < 4.78 is 23.6. The Morgan fingerprint density at radius 1 is 1.62 bits per heavy atom. The van der Waals surface area contributed by atoms with E-state index in [-0.39, 0.29) is 11.5 Å². The van der Waals surface area contributed by atoms with Crippen molar-refractivity contribution in [2.45, 2.75) is 13.5 Å². The van der Waals surface area contributed by atoms with Crippen LogP contribution >= 0.6 is 0 Å². The van der Waals surface area contributed by atoms with Crippen LogP contribution < -0.4 is 5.73 Å². The summed E-state index contributed by atoms with van der Waals surface area (Å²) in [7, 11) is -2.94. The Hall–Kier alpha value is -1.11. The van der Waals surface area contributed by atoms with Crippen LogP contribution in [-0.4, -0.2) is 34.9 Å². The number of anilines is 1. The van der Waals surface area contributed by atoms with E-state index in [0.29, 0.717) is 12.4 Å². The number of hydrogen-bond donors (Lipinski definition) is 1. The van der Waals surface area contributed by atoms with Crippen LogP contribution in [0.4, 0.5) is 5.82 Å². The molecule has 0 aliphatic carbocycles. The molecule has 0 saturated heterocycles. The molecule has 0 aliphatic heterocycles. The predicted octanol–water partition coefficient (Wildman–Crippen LogP) is -0.705. The summed E-state index contributed by atoms with van der Waals surface area (Å²) in [5.74, 6) is 0.526. The van der Waals surface area contributed by atoms with Crippen molar-refractivity contribution in [3.63, 3.8) is 0 Å². The van der Waals surface area contributed by atoms with Gasteiger partial charge in [-0.25, -0.2) is 13.1 Å². The van der Waals surface area contributed by atoms with Gasteiger partial charge in [0.05, 0.1) is 18.5 Å². The second kappa shape index (κ2) is 3.73. The zero-order valence-electron chi connectivity index (χ0n) is 7.34. The summed E-state index contributed by atoms with van der Waals surface area (Å²) in [5, 5.41) is 7.17. The van der Waals surface area contributed by atoms with Crippen LogP contribution in [0.5, 0.6) is 0 Å². The molecule has 7 heteroatoms. The molecule has 1 heterocycles. The van der Waals surface area contributed by atoms with E-state index in [4.69, 9.17) is 5.73 Å². The molecule has 0 radical (unpaired) electrons. The van der Waals surface area contributed by atoms with E-state index in [0.717, 1.165) is 0 Å². The molecule has 0 amide bonds. The van der Waals surface area contributed by atoms with Gasteiger partial charge >= 0.3 is 0 Å². The van der Waals surface area contributed by atoms with Crippen molar-refractivity contribution in [1.29, 1.82) is 0 Å². The first-order chi connectivity index (χ1) is 6.03. The normalized spacial score (nSPS) is 11.8. The minimum absolute atomic E-state index is 0.0757. The Labute approximate surface area is 76.7 Å². The standard InChI is InChI=1S/C6H12N4O2S/c1-2-13(11,12)4-3-10-5-6(7)8-9-10/h5H,2-4,7H2,1H3. The molecule has 1 aromatic rings. The van der Waals surface area contributed by atoms with Gasteiger partial charge in [-0.1, -0.05) is 12.1 Å². The van der Waals surface area contributed by atoms with Crippen molar-refractivity contribution in [2.75, 3.05) is 17.2 Å². The Bertz CT molecular complexity index is 370. The fourth-order valence-electron chi connectivity index (χ4n) is 0.800. The quantitative estimate of drug-likeness (QED) is 0.700. The number of nitrogens with two attached hydrogens (primary N) is 1. The number of aryl methyl sites for hydroxylation is 1. The lowest BCUT2D eigenvalue weighted by Crippen LogP contribution is -2.14. The first-order valence-electron chi connectivity index (χ1n) is 3.89. The third-order valence-corrected chi connectivity index (χ3v) is 3.31. The highest BCUT2D eigenvalue weighted by atomic mass is 32.2. The number of aromatic nitrogens is 3. The Balaban J connectivity index is 2.53. The molecule has 0 aromatic carbocycles. The summed E-state index contributed by atoms with van der Waals surface area (Å²) in [6, 6.07) is 0. The van der Waals surface area contributed by atoms with Crippen molar-refractivity contribution < 1.29 is 8.42 Å².